The van der Waals surface area contributed by atoms with Crippen molar-refractivity contribution >= 4 is 39.0 Å². The molecule has 42 heavy (non-hydrogen) atoms. The van der Waals surface area contributed by atoms with E-state index in [1.54, 1.807) is 13.8 Å². The van der Waals surface area contributed by atoms with E-state index in [1.807, 2.05) is 10.9 Å². The number of nitrogens with zero attached hydrogens (tertiary/aromatic N) is 6. The van der Waals surface area contributed by atoms with Crippen molar-refractivity contribution in [3.8, 4) is 11.3 Å². The quantitative estimate of drug-likeness (QED) is 0.315. The van der Waals surface area contributed by atoms with Crippen molar-refractivity contribution in [1.82, 2.24) is 24.4 Å². The molecule has 1 aliphatic carbocycles. The number of alkyl halides is 2. The van der Waals surface area contributed by atoms with E-state index in [4.69, 9.17) is 0 Å². The van der Waals surface area contributed by atoms with Crippen LogP contribution in [-0.2, 0) is 10.0 Å². The number of hydrogen-bond acceptors (Lipinski definition) is 8. The van der Waals surface area contributed by atoms with Crippen LogP contribution in [0.2, 0.25) is 0 Å². The minimum atomic E-state index is -4.23. The van der Waals surface area contributed by atoms with Gasteiger partial charge >= 0.3 is 0 Å². The first-order valence-electron chi connectivity index (χ1n) is 13.8. The van der Waals surface area contributed by atoms with Crippen LogP contribution in [0.25, 0.3) is 22.4 Å². The lowest BCUT2D eigenvalue weighted by Gasteiger charge is -2.31. The lowest BCUT2D eigenvalue weighted by atomic mass is 9.86. The molecule has 0 bridgehead atoms. The van der Waals surface area contributed by atoms with Crippen molar-refractivity contribution < 1.29 is 21.6 Å². The number of sulfonamides is 1. The number of hydrogen-bond donors (Lipinski definition) is 1. The maximum atomic E-state index is 14.9. The van der Waals surface area contributed by atoms with Crippen molar-refractivity contribution in [2.24, 2.45) is 10.9 Å². The van der Waals surface area contributed by atoms with Gasteiger partial charge < -0.3 is 4.90 Å². The van der Waals surface area contributed by atoms with Crippen molar-refractivity contribution in [3.63, 3.8) is 0 Å². The molecular weight excluding hydrogens is 571 g/mol. The van der Waals surface area contributed by atoms with Gasteiger partial charge in [-0.25, -0.2) is 36.5 Å². The van der Waals surface area contributed by atoms with E-state index in [2.05, 4.69) is 38.9 Å². The third kappa shape index (κ3) is 7.71. The summed E-state index contributed by atoms with van der Waals surface area (Å²) in [4.78, 5) is 33.5. The highest BCUT2D eigenvalue weighted by atomic mass is 32.2. The van der Waals surface area contributed by atoms with E-state index in [9.17, 15) is 26.4 Å². The number of aliphatic imine (C=N–C) groups is 1. The molecule has 0 unspecified atom stereocenters. The number of rotatable bonds is 10. The summed E-state index contributed by atoms with van der Waals surface area (Å²) in [6.45, 7) is 4.21. The zero-order chi connectivity index (χ0) is 30.8. The molecule has 2 heterocycles. The van der Waals surface area contributed by atoms with Gasteiger partial charge in [-0.3, -0.25) is 14.1 Å². The van der Waals surface area contributed by atoms with Gasteiger partial charge in [0, 0.05) is 30.3 Å². The topological polar surface area (TPSA) is 122 Å². The van der Waals surface area contributed by atoms with Crippen LogP contribution in [-0.4, -0.2) is 70.9 Å². The molecule has 14 heteroatoms. The Morgan fingerprint density at radius 2 is 1.88 bits per heavy atom. The Hall–Kier alpha value is -3.39. The van der Waals surface area contributed by atoms with E-state index >= 15 is 0 Å². The zero-order valence-electron chi connectivity index (χ0n) is 24.3. The van der Waals surface area contributed by atoms with Crippen LogP contribution in [0.4, 0.5) is 24.8 Å². The molecule has 4 rings (SSSR count). The van der Waals surface area contributed by atoms with Crippen molar-refractivity contribution in [2.45, 2.75) is 70.9 Å². The summed E-state index contributed by atoms with van der Waals surface area (Å²) in [5, 5.41) is 0. The van der Waals surface area contributed by atoms with Gasteiger partial charge in [0.15, 0.2) is 5.65 Å². The number of anilines is 1. The summed E-state index contributed by atoms with van der Waals surface area (Å²) in [7, 11) is -0.0437. The Balaban J connectivity index is 1.61. The largest absolute Gasteiger partial charge is 0.306 e. The van der Waals surface area contributed by atoms with Gasteiger partial charge in [0.1, 0.15) is 17.0 Å². The van der Waals surface area contributed by atoms with E-state index < -0.39 is 45.2 Å². The first-order valence-corrected chi connectivity index (χ1v) is 15.5. The van der Waals surface area contributed by atoms with Gasteiger partial charge in [-0.1, -0.05) is 6.07 Å². The monoisotopic (exact) mass is 607 g/mol. The highest BCUT2D eigenvalue weighted by Crippen LogP contribution is 2.27. The number of aromatic nitrogens is 4. The summed E-state index contributed by atoms with van der Waals surface area (Å²) in [6, 6.07) is 3.67. The molecule has 228 valence electrons. The lowest BCUT2D eigenvalue weighted by molar-refractivity contribution is 0.0189. The first-order chi connectivity index (χ1) is 19.6. The third-order valence-corrected chi connectivity index (χ3v) is 8.60. The third-order valence-electron chi connectivity index (χ3n) is 7.33. The molecule has 10 nitrogen and oxygen atoms in total. The predicted octanol–water partition coefficient (Wildman–Crippen LogP) is 5.18. The SMILES string of the molecule is CC(C)n1c(=O)c(-c2ccc(NS(=O)(=O)CCC(C)(F)F)c(F)c2)nc2cnc(N=CC3CCC(N(C)C)CC3)nc21. The van der Waals surface area contributed by atoms with Gasteiger partial charge in [0.25, 0.3) is 11.5 Å². The van der Waals surface area contributed by atoms with E-state index in [0.717, 1.165) is 37.8 Å². The second-order valence-corrected chi connectivity index (χ2v) is 13.2. The van der Waals surface area contributed by atoms with Crippen LogP contribution in [0, 0.1) is 11.7 Å². The molecule has 0 atom stereocenters. The highest BCUT2D eigenvalue weighted by molar-refractivity contribution is 7.92. The molecule has 1 aromatic carbocycles. The molecule has 0 aliphatic heterocycles. The molecule has 0 saturated heterocycles. The molecule has 1 N–H and O–H groups in total. The number of benzene rings is 1. The van der Waals surface area contributed by atoms with Crippen LogP contribution in [0.5, 0.6) is 0 Å². The number of halogens is 3. The van der Waals surface area contributed by atoms with Crippen LogP contribution in [0.3, 0.4) is 0 Å². The second-order valence-electron chi connectivity index (χ2n) is 11.4. The maximum Gasteiger partial charge on any atom is 0.278 e. The molecule has 0 spiro atoms. The summed E-state index contributed by atoms with van der Waals surface area (Å²) in [6.07, 6.45) is 6.64. The number of fused-ring (bicyclic) bond motifs is 1. The average Bonchev–Trinajstić information content (AvgIpc) is 2.91. The van der Waals surface area contributed by atoms with E-state index in [0.29, 0.717) is 24.4 Å². The Kier molecular flexibility index (Phi) is 9.36. The maximum absolute atomic E-state index is 14.9. The molecule has 1 saturated carbocycles. The van der Waals surface area contributed by atoms with Gasteiger partial charge in [0.2, 0.25) is 15.9 Å². The Morgan fingerprint density at radius 1 is 1.19 bits per heavy atom. The summed E-state index contributed by atoms with van der Waals surface area (Å²) >= 11 is 0. The van der Waals surface area contributed by atoms with Crippen LogP contribution < -0.4 is 10.3 Å². The van der Waals surface area contributed by atoms with E-state index in [1.165, 1.54) is 16.8 Å². The molecule has 1 fully saturated rings. The fourth-order valence-corrected chi connectivity index (χ4v) is 6.17. The fraction of sp³-hybridized carbons (Fsp3) is 0.536. The normalized spacial score (nSPS) is 18.4. The van der Waals surface area contributed by atoms with Gasteiger partial charge in [-0.15, -0.1) is 0 Å². The minimum absolute atomic E-state index is 0.0763. The number of nitrogens with one attached hydrogen (secondary N) is 1. The van der Waals surface area contributed by atoms with Gasteiger partial charge in [-0.05, 0) is 78.6 Å². The summed E-state index contributed by atoms with van der Waals surface area (Å²) < 4.78 is 68.9. The minimum Gasteiger partial charge on any atom is -0.306 e. The molecular formula is C28H36F3N7O3S. The predicted molar refractivity (Wildman–Crippen MR) is 158 cm³/mol. The molecule has 2 aromatic heterocycles. The second kappa shape index (κ2) is 12.5. The first kappa shape index (κ1) is 31.5. The Morgan fingerprint density at radius 3 is 2.48 bits per heavy atom. The molecule has 0 radical (unpaired) electrons. The molecule has 0 amide bonds. The molecule has 3 aromatic rings. The highest BCUT2D eigenvalue weighted by Gasteiger charge is 2.26. The summed E-state index contributed by atoms with van der Waals surface area (Å²) in [5.41, 5.74) is -0.334. The Bertz CT molecular complexity index is 1630. The Labute approximate surface area is 243 Å². The van der Waals surface area contributed by atoms with Crippen molar-refractivity contribution in [3.05, 3.63) is 40.6 Å². The smallest absolute Gasteiger partial charge is 0.278 e. The van der Waals surface area contributed by atoms with Gasteiger partial charge in [-0.2, -0.15) is 4.98 Å². The standard InChI is InChI=1S/C28H36F3N7O3S/c1-17(2)38-25-23(16-33-27(35-25)32-15-18-6-9-20(10-7-18)37(4)5)34-24(26(38)39)19-8-11-22(21(29)14-19)36-42(40,41)13-12-28(3,30)31/h8,11,14-18,20,36H,6-7,9-10,12-13H2,1-5H3. The van der Waals surface area contributed by atoms with Crippen LogP contribution >= 0.6 is 0 Å². The summed E-state index contributed by atoms with van der Waals surface area (Å²) in [5.74, 6) is -4.52. The zero-order valence-corrected chi connectivity index (χ0v) is 25.1. The van der Waals surface area contributed by atoms with Crippen molar-refractivity contribution in [2.75, 3.05) is 24.6 Å². The molecule has 1 aliphatic rings. The van der Waals surface area contributed by atoms with Gasteiger partial charge in [0.05, 0.1) is 17.6 Å². The van der Waals surface area contributed by atoms with Crippen molar-refractivity contribution in [1.29, 1.82) is 0 Å². The van der Waals surface area contributed by atoms with E-state index in [-0.39, 0.29) is 28.9 Å². The average molecular weight is 608 g/mol. The van der Waals surface area contributed by atoms with Crippen LogP contribution in [0.15, 0.2) is 34.2 Å². The van der Waals surface area contributed by atoms with Crippen LogP contribution in [0.1, 0.15) is 58.9 Å². The fourth-order valence-electron chi connectivity index (χ4n) is 4.94. The lowest BCUT2D eigenvalue weighted by Crippen LogP contribution is -2.32.